The van der Waals surface area contributed by atoms with Gasteiger partial charge in [0.05, 0.1) is 12.8 Å². The van der Waals surface area contributed by atoms with Crippen LogP contribution in [0.2, 0.25) is 0 Å². The van der Waals surface area contributed by atoms with E-state index in [1.165, 1.54) is 7.11 Å². The van der Waals surface area contributed by atoms with Crippen molar-refractivity contribution in [3.63, 3.8) is 0 Å². The fourth-order valence-corrected chi connectivity index (χ4v) is 1.43. The van der Waals surface area contributed by atoms with Gasteiger partial charge in [-0.1, -0.05) is 30.4 Å². The fourth-order valence-electron chi connectivity index (χ4n) is 1.43. The maximum absolute atomic E-state index is 10.00. The molecule has 0 aromatic heterocycles. The summed E-state index contributed by atoms with van der Waals surface area (Å²) in [6.45, 7) is 5.65. The first-order chi connectivity index (χ1) is 10.0. The molecular formula is C16H25N3O2. The van der Waals surface area contributed by atoms with E-state index >= 15 is 0 Å². The molecule has 0 unspecified atom stereocenters. The molecule has 0 amide bonds. The van der Waals surface area contributed by atoms with Crippen molar-refractivity contribution in [3.8, 4) is 0 Å². The molecule has 0 aliphatic heterocycles. The van der Waals surface area contributed by atoms with E-state index in [4.69, 9.17) is 16.2 Å². The predicted molar refractivity (Wildman–Crippen MR) is 87.7 cm³/mol. The normalized spacial score (nSPS) is 15.5. The summed E-state index contributed by atoms with van der Waals surface area (Å²) < 4.78 is 4.93. The van der Waals surface area contributed by atoms with Gasteiger partial charge in [-0.25, -0.2) is 0 Å². The third kappa shape index (κ3) is 6.42. The van der Waals surface area contributed by atoms with Crippen LogP contribution in [-0.4, -0.2) is 12.2 Å². The number of aliphatic hydroxyl groups is 1. The van der Waals surface area contributed by atoms with Gasteiger partial charge in [0.15, 0.2) is 11.5 Å². The van der Waals surface area contributed by atoms with Crippen LogP contribution in [-0.2, 0) is 4.74 Å². The summed E-state index contributed by atoms with van der Waals surface area (Å²) in [5.74, 6) is -0.0962. The number of hydrogen-bond donors (Lipinski definition) is 4. The molecule has 21 heavy (non-hydrogen) atoms. The van der Waals surface area contributed by atoms with Crippen molar-refractivity contribution in [3.05, 3.63) is 71.3 Å². The van der Waals surface area contributed by atoms with Crippen molar-refractivity contribution in [2.75, 3.05) is 7.11 Å². The summed E-state index contributed by atoms with van der Waals surface area (Å²) in [6, 6.07) is 0. The van der Waals surface area contributed by atoms with Crippen molar-refractivity contribution < 1.29 is 9.84 Å². The Morgan fingerprint density at radius 2 is 1.86 bits per heavy atom. The topological polar surface area (TPSA) is 93.5 Å². The van der Waals surface area contributed by atoms with Crippen LogP contribution in [0.15, 0.2) is 71.3 Å². The number of allylic oxidation sites excluding steroid dienone is 7. The Kier molecular flexibility index (Phi) is 9.00. The smallest absolute Gasteiger partial charge is 0.184 e. The molecule has 0 atom stereocenters. The number of methoxy groups -OCH3 is 1. The molecule has 0 aromatic rings. The molecule has 0 aliphatic rings. The lowest BCUT2D eigenvalue weighted by Gasteiger charge is -2.14. The van der Waals surface area contributed by atoms with Crippen molar-refractivity contribution in [1.29, 1.82) is 0 Å². The van der Waals surface area contributed by atoms with E-state index in [1.807, 2.05) is 51.2 Å². The Hall–Kier alpha value is -2.56. The van der Waals surface area contributed by atoms with Crippen LogP contribution >= 0.6 is 0 Å². The molecule has 0 fully saturated rings. The number of aliphatic hydroxyl groups excluding tert-OH is 1. The zero-order valence-electron chi connectivity index (χ0n) is 13.1. The second-order valence-electron chi connectivity index (χ2n) is 4.09. The molecule has 0 rings (SSSR count). The maximum Gasteiger partial charge on any atom is 0.184 e. The molecule has 0 spiro atoms. The van der Waals surface area contributed by atoms with Gasteiger partial charge in [-0.05, 0) is 26.8 Å². The van der Waals surface area contributed by atoms with E-state index < -0.39 is 0 Å². The van der Waals surface area contributed by atoms with Crippen LogP contribution in [0.5, 0.6) is 0 Å². The van der Waals surface area contributed by atoms with Gasteiger partial charge >= 0.3 is 0 Å². The SMILES string of the molecule is C\C=C/C=C\C=C(/C)NC(=C\C)/C(N)=C(O)/C(=C\N)OC. The van der Waals surface area contributed by atoms with Crippen molar-refractivity contribution in [2.45, 2.75) is 20.8 Å². The molecule has 0 aliphatic carbocycles. The minimum absolute atomic E-state index is 0.114. The van der Waals surface area contributed by atoms with Crippen LogP contribution in [0.25, 0.3) is 0 Å². The average molecular weight is 291 g/mol. The van der Waals surface area contributed by atoms with E-state index in [2.05, 4.69) is 5.32 Å². The standard InChI is InChI=1S/C16H25N3O2/c1-5-7-8-9-10-12(3)19-13(6-2)15(18)16(20)14(11-17)21-4/h5-11,19-20H,17-18H2,1-4H3/b7-5-,9-8-,12-10+,13-6-,14-11+,16-15+. The van der Waals surface area contributed by atoms with Gasteiger partial charge in [-0.3, -0.25) is 0 Å². The summed E-state index contributed by atoms with van der Waals surface area (Å²) in [7, 11) is 1.40. The van der Waals surface area contributed by atoms with Gasteiger partial charge in [0, 0.05) is 11.9 Å². The van der Waals surface area contributed by atoms with Gasteiger partial charge in [0.1, 0.15) is 5.70 Å². The zero-order valence-corrected chi connectivity index (χ0v) is 13.1. The van der Waals surface area contributed by atoms with Gasteiger partial charge in [0.25, 0.3) is 0 Å². The van der Waals surface area contributed by atoms with E-state index in [0.717, 1.165) is 11.9 Å². The Bertz CT molecular complexity index is 510. The molecule has 0 heterocycles. The number of hydrogen-bond acceptors (Lipinski definition) is 5. The molecule has 5 nitrogen and oxygen atoms in total. The second-order valence-corrected chi connectivity index (χ2v) is 4.09. The minimum atomic E-state index is -0.210. The fraction of sp³-hybridized carbons (Fsp3) is 0.250. The lowest BCUT2D eigenvalue weighted by Crippen LogP contribution is -2.19. The molecule has 0 saturated carbocycles. The van der Waals surface area contributed by atoms with E-state index in [1.54, 1.807) is 6.08 Å². The van der Waals surface area contributed by atoms with E-state index in [9.17, 15) is 5.11 Å². The number of nitrogens with one attached hydrogen (secondary N) is 1. The maximum atomic E-state index is 10.00. The molecule has 0 saturated heterocycles. The average Bonchev–Trinajstić information content (AvgIpc) is 2.49. The number of rotatable bonds is 7. The Balaban J connectivity index is 5.16. The van der Waals surface area contributed by atoms with Crippen molar-refractivity contribution in [2.24, 2.45) is 11.5 Å². The molecule has 6 N–H and O–H groups in total. The number of ether oxygens (including phenoxy) is 1. The number of nitrogens with two attached hydrogens (primary N) is 2. The lowest BCUT2D eigenvalue weighted by atomic mass is 10.2. The first-order valence-electron chi connectivity index (χ1n) is 6.56. The van der Waals surface area contributed by atoms with Crippen LogP contribution in [0.3, 0.4) is 0 Å². The quantitative estimate of drug-likeness (QED) is 0.427. The lowest BCUT2D eigenvalue weighted by molar-refractivity contribution is 0.253. The highest BCUT2D eigenvalue weighted by Gasteiger charge is 2.11. The molecular weight excluding hydrogens is 266 g/mol. The van der Waals surface area contributed by atoms with Gasteiger partial charge in [0.2, 0.25) is 0 Å². The highest BCUT2D eigenvalue weighted by atomic mass is 16.5. The van der Waals surface area contributed by atoms with Crippen LogP contribution in [0, 0.1) is 0 Å². The highest BCUT2D eigenvalue weighted by molar-refractivity contribution is 5.37. The van der Waals surface area contributed by atoms with Crippen molar-refractivity contribution >= 4 is 0 Å². The summed E-state index contributed by atoms with van der Waals surface area (Å²) in [5.41, 5.74) is 12.9. The van der Waals surface area contributed by atoms with Crippen molar-refractivity contribution in [1.82, 2.24) is 5.32 Å². The Labute approximate surface area is 126 Å². The van der Waals surface area contributed by atoms with Gasteiger partial charge in [-0.15, -0.1) is 0 Å². The molecule has 0 radical (unpaired) electrons. The first-order valence-corrected chi connectivity index (χ1v) is 6.56. The summed E-state index contributed by atoms with van der Waals surface area (Å²) >= 11 is 0. The Morgan fingerprint density at radius 1 is 1.19 bits per heavy atom. The zero-order chi connectivity index (χ0) is 16.3. The van der Waals surface area contributed by atoms with Gasteiger partial charge in [-0.2, -0.15) is 0 Å². The third-order valence-electron chi connectivity index (χ3n) is 2.53. The summed E-state index contributed by atoms with van der Waals surface area (Å²) in [4.78, 5) is 0. The largest absolute Gasteiger partial charge is 0.503 e. The first kappa shape index (κ1) is 18.4. The van der Waals surface area contributed by atoms with E-state index in [0.29, 0.717) is 5.70 Å². The molecule has 0 bridgehead atoms. The minimum Gasteiger partial charge on any atom is -0.503 e. The van der Waals surface area contributed by atoms with Crippen LogP contribution < -0.4 is 16.8 Å². The summed E-state index contributed by atoms with van der Waals surface area (Å²) in [5, 5.41) is 13.1. The molecule has 5 heteroatoms. The summed E-state index contributed by atoms with van der Waals surface area (Å²) in [6.07, 6.45) is 12.5. The third-order valence-corrected chi connectivity index (χ3v) is 2.53. The molecule has 116 valence electrons. The second kappa shape index (κ2) is 10.3. The Morgan fingerprint density at radius 3 is 2.33 bits per heavy atom. The van der Waals surface area contributed by atoms with Gasteiger partial charge < -0.3 is 26.6 Å². The highest BCUT2D eigenvalue weighted by Crippen LogP contribution is 2.14. The molecule has 0 aromatic carbocycles. The predicted octanol–water partition coefficient (Wildman–Crippen LogP) is 2.69. The van der Waals surface area contributed by atoms with Crippen LogP contribution in [0.4, 0.5) is 0 Å². The van der Waals surface area contributed by atoms with E-state index in [-0.39, 0.29) is 17.2 Å². The van der Waals surface area contributed by atoms with Crippen LogP contribution in [0.1, 0.15) is 20.8 Å². The monoisotopic (exact) mass is 291 g/mol.